The second-order valence-electron chi connectivity index (χ2n) is 25.4. The lowest BCUT2D eigenvalue weighted by Crippen LogP contribution is -2.30. The molecule has 5 atom stereocenters. The van der Waals surface area contributed by atoms with Crippen LogP contribution in [0, 0.1) is 0 Å². The van der Waals surface area contributed by atoms with Gasteiger partial charge in [-0.1, -0.05) is 281 Å². The van der Waals surface area contributed by atoms with Crippen LogP contribution in [-0.2, 0) is 55.8 Å². The number of esters is 3. The molecule has 0 spiro atoms. The molecule has 4 N–H and O–H groups in total. The van der Waals surface area contributed by atoms with Crippen LogP contribution in [0.4, 0.5) is 0 Å². The number of phosphoric ester groups is 2. The molecule has 16 nitrogen and oxygen atoms in total. The van der Waals surface area contributed by atoms with Crippen molar-refractivity contribution < 1.29 is 75.8 Å². The molecule has 0 aliphatic rings. The number of carbonyl (C=O) groups excluding carboxylic acids is 3. The summed E-state index contributed by atoms with van der Waals surface area (Å²) in [5.41, 5.74) is 0. The fourth-order valence-corrected chi connectivity index (χ4v) is 11.5. The van der Waals surface area contributed by atoms with Crippen LogP contribution in [0.1, 0.15) is 290 Å². The van der Waals surface area contributed by atoms with E-state index in [2.05, 4.69) is 179 Å². The molecule has 0 aliphatic carbocycles. The quantitative estimate of drug-likeness (QED) is 0.0146. The topological polar surface area (TPSA) is 231 Å². The fourth-order valence-electron chi connectivity index (χ4n) is 9.87. The van der Waals surface area contributed by atoms with Crippen molar-refractivity contribution >= 4 is 33.6 Å². The maximum atomic E-state index is 13.0. The van der Waals surface area contributed by atoms with Crippen molar-refractivity contribution in [3.8, 4) is 0 Å². The lowest BCUT2D eigenvalue weighted by molar-refractivity contribution is -0.161. The largest absolute Gasteiger partial charge is 0.472 e. The average molecular weight is 1450 g/mol. The van der Waals surface area contributed by atoms with Crippen LogP contribution in [0.5, 0.6) is 0 Å². The van der Waals surface area contributed by atoms with Crippen LogP contribution in [0.25, 0.3) is 0 Å². The van der Waals surface area contributed by atoms with Gasteiger partial charge in [0.15, 0.2) is 6.10 Å². The third-order valence-corrected chi connectivity index (χ3v) is 17.6. The van der Waals surface area contributed by atoms with E-state index >= 15 is 0 Å². The molecule has 0 aromatic carbocycles. The van der Waals surface area contributed by atoms with Crippen molar-refractivity contribution in [2.45, 2.75) is 309 Å². The van der Waals surface area contributed by atoms with Gasteiger partial charge in [-0.2, -0.15) is 0 Å². The van der Waals surface area contributed by atoms with Crippen molar-refractivity contribution in [3.63, 3.8) is 0 Å². The molecule has 18 heteroatoms. The van der Waals surface area contributed by atoms with Crippen LogP contribution >= 0.6 is 15.6 Å². The first-order valence-corrected chi connectivity index (χ1v) is 41.8. The summed E-state index contributed by atoms with van der Waals surface area (Å²) in [5.74, 6) is -1.62. The molecule has 0 amide bonds. The maximum Gasteiger partial charge on any atom is 0.472 e. The van der Waals surface area contributed by atoms with Gasteiger partial charge in [0, 0.05) is 19.3 Å². The maximum absolute atomic E-state index is 13.0. The Bertz CT molecular complexity index is 2470. The number of allylic oxidation sites excluding steroid dienone is 26. The number of aliphatic hydroxyl groups excluding tert-OH is 2. The van der Waals surface area contributed by atoms with E-state index in [0.29, 0.717) is 19.3 Å². The second kappa shape index (κ2) is 74.9. The van der Waals surface area contributed by atoms with E-state index in [1.54, 1.807) is 0 Å². The first kappa shape index (κ1) is 96.2. The normalized spacial score (nSPS) is 14.9. The molecule has 0 aromatic heterocycles. The van der Waals surface area contributed by atoms with E-state index in [-0.39, 0.29) is 19.3 Å². The SMILES string of the molecule is CC/C=C\C/C=C\C/C=C\C/C=C\C/C=C\CCCCCCCCCC(=O)OCC(O)COP(=O)(O)OCC(O)COP(=O)(O)OCC(COC(=O)CCCCCCCCC/C=C\C/C=C\C/C=C\C/C=C\CCCCC)OC(=O)CCCCCCCC/C=C\C/C=C\C/C=C\C/C=C\CC. The summed E-state index contributed by atoms with van der Waals surface area (Å²) < 4.78 is 61.2. The summed E-state index contributed by atoms with van der Waals surface area (Å²) in [5, 5.41) is 20.6. The monoisotopic (exact) mass is 1450 g/mol. The molecular formula is C83H138O16P2. The van der Waals surface area contributed by atoms with Gasteiger partial charge in [-0.15, -0.1) is 0 Å². The van der Waals surface area contributed by atoms with Crippen molar-refractivity contribution in [2.24, 2.45) is 0 Å². The van der Waals surface area contributed by atoms with Gasteiger partial charge in [-0.3, -0.25) is 32.5 Å². The van der Waals surface area contributed by atoms with Crippen molar-refractivity contribution in [1.82, 2.24) is 0 Å². The summed E-state index contributed by atoms with van der Waals surface area (Å²) in [6.07, 6.45) is 92.7. The van der Waals surface area contributed by atoms with Gasteiger partial charge >= 0.3 is 33.6 Å². The highest BCUT2D eigenvalue weighted by atomic mass is 31.2. The number of unbranched alkanes of at least 4 members (excludes halogenated alkanes) is 23. The Kier molecular flexibility index (Phi) is 71.3. The molecule has 5 unspecified atom stereocenters. The zero-order chi connectivity index (χ0) is 73.7. The molecule has 0 fully saturated rings. The fraction of sp³-hybridized carbons (Fsp3) is 0.651. The highest BCUT2D eigenvalue weighted by Crippen LogP contribution is 2.45. The van der Waals surface area contributed by atoms with Crippen LogP contribution in [0.2, 0.25) is 0 Å². The standard InChI is InChI=1S/C83H138O16P2/c1-4-7-10-13-16-19-22-25-28-31-34-36-38-40-43-45-48-51-54-57-60-63-66-69-81(86)93-72-78(84)73-95-100(89,90)96-74-79(85)75-97-101(91,92)98-77-80(99-83(88)71-68-65-62-59-56-53-50-47-42-33-30-27-24-21-18-15-12-9-6-3)76-94-82(87)70-67-64-61-58-55-52-49-46-44-41-39-37-35-32-29-26-23-20-17-14-11-8-5-2/h7,9-10,12,16-21,25-30,34-37,40-44,47,78-80,84-85H,4-6,8,11,13-15,22-24,31-33,38-39,45-46,48-77H2,1-3H3,(H,89,90)(H,91,92)/b10-7-,12-9-,19-16-,20-17-,21-18-,28-25-,29-26-,30-27-,36-34-,37-35-,43-40-,44-41-,47-42-. The van der Waals surface area contributed by atoms with Crippen LogP contribution in [0.15, 0.2) is 158 Å². The molecule has 0 heterocycles. The lowest BCUT2D eigenvalue weighted by Gasteiger charge is -2.21. The zero-order valence-corrected chi connectivity index (χ0v) is 64.6. The predicted molar refractivity (Wildman–Crippen MR) is 417 cm³/mol. The smallest absolute Gasteiger partial charge is 0.463 e. The van der Waals surface area contributed by atoms with E-state index in [1.807, 2.05) is 0 Å². The van der Waals surface area contributed by atoms with Crippen molar-refractivity contribution in [1.29, 1.82) is 0 Å². The third kappa shape index (κ3) is 76.1. The Labute approximate surface area is 612 Å². The number of carbonyl (C=O) groups is 3. The van der Waals surface area contributed by atoms with Gasteiger partial charge in [0.2, 0.25) is 0 Å². The van der Waals surface area contributed by atoms with E-state index in [0.717, 1.165) is 205 Å². The molecule has 0 bridgehead atoms. The number of hydrogen-bond acceptors (Lipinski definition) is 14. The Hall–Kier alpha value is -4.83. The molecular weight excluding hydrogens is 1310 g/mol. The van der Waals surface area contributed by atoms with E-state index < -0.39 is 91.5 Å². The molecule has 0 aliphatic heterocycles. The zero-order valence-electron chi connectivity index (χ0n) is 62.8. The Morgan fingerprint density at radius 1 is 0.287 bits per heavy atom. The Morgan fingerprint density at radius 3 is 0.832 bits per heavy atom. The predicted octanol–water partition coefficient (Wildman–Crippen LogP) is 22.6. The molecule has 576 valence electrons. The number of rotatable bonds is 72. The molecule has 0 radical (unpaired) electrons. The summed E-state index contributed by atoms with van der Waals surface area (Å²) in [7, 11) is -9.81. The summed E-state index contributed by atoms with van der Waals surface area (Å²) in [4.78, 5) is 58.7. The van der Waals surface area contributed by atoms with Gasteiger partial charge in [-0.05, 0) is 148 Å². The van der Waals surface area contributed by atoms with Crippen LogP contribution < -0.4 is 0 Å². The van der Waals surface area contributed by atoms with Crippen molar-refractivity contribution in [2.75, 3.05) is 39.6 Å². The minimum atomic E-state index is -4.95. The third-order valence-electron chi connectivity index (χ3n) is 15.7. The minimum absolute atomic E-state index is 0.0802. The Morgan fingerprint density at radius 2 is 0.525 bits per heavy atom. The van der Waals surface area contributed by atoms with Gasteiger partial charge in [-0.25, -0.2) is 9.13 Å². The minimum Gasteiger partial charge on any atom is -0.463 e. The summed E-state index contributed by atoms with van der Waals surface area (Å²) >= 11 is 0. The molecule has 101 heavy (non-hydrogen) atoms. The van der Waals surface area contributed by atoms with Gasteiger partial charge in [0.1, 0.15) is 25.4 Å². The number of aliphatic hydroxyl groups is 2. The first-order chi connectivity index (χ1) is 49.2. The summed E-state index contributed by atoms with van der Waals surface area (Å²) in [6, 6.07) is 0. The second-order valence-corrected chi connectivity index (χ2v) is 28.3. The average Bonchev–Trinajstić information content (AvgIpc) is 1.05. The van der Waals surface area contributed by atoms with Crippen LogP contribution in [-0.4, -0.2) is 95.9 Å². The highest BCUT2D eigenvalue weighted by Gasteiger charge is 2.29. The van der Waals surface area contributed by atoms with Crippen molar-refractivity contribution in [3.05, 3.63) is 158 Å². The lowest BCUT2D eigenvalue weighted by atomic mass is 10.1. The molecule has 0 saturated heterocycles. The van der Waals surface area contributed by atoms with Gasteiger partial charge in [0.25, 0.3) is 0 Å². The number of phosphoric acid groups is 2. The molecule has 0 aromatic rings. The van der Waals surface area contributed by atoms with Crippen LogP contribution in [0.3, 0.4) is 0 Å². The Balaban J connectivity index is 4.73. The number of ether oxygens (including phenoxy) is 3. The van der Waals surface area contributed by atoms with E-state index in [1.165, 1.54) is 25.7 Å². The van der Waals surface area contributed by atoms with Gasteiger partial charge in [0.05, 0.1) is 26.4 Å². The molecule has 0 saturated carbocycles. The van der Waals surface area contributed by atoms with E-state index in [4.69, 9.17) is 32.3 Å². The first-order valence-electron chi connectivity index (χ1n) is 38.8. The molecule has 0 rings (SSSR count). The number of hydrogen-bond donors (Lipinski definition) is 4. The highest BCUT2D eigenvalue weighted by molar-refractivity contribution is 7.47. The summed E-state index contributed by atoms with van der Waals surface area (Å²) in [6.45, 7) is 2.38. The van der Waals surface area contributed by atoms with Gasteiger partial charge < -0.3 is 34.2 Å². The van der Waals surface area contributed by atoms with E-state index in [9.17, 15) is 43.5 Å².